The van der Waals surface area contributed by atoms with E-state index in [1.54, 1.807) is 11.3 Å². The molecule has 0 aromatic carbocycles. The fraction of sp³-hybridized carbons (Fsp3) is 0.615. The predicted molar refractivity (Wildman–Crippen MR) is 67.9 cm³/mol. The quantitative estimate of drug-likeness (QED) is 0.731. The summed E-state index contributed by atoms with van der Waals surface area (Å²) in [6.45, 7) is 6.60. The van der Waals surface area contributed by atoms with Crippen molar-refractivity contribution in [1.82, 2.24) is 0 Å². The van der Waals surface area contributed by atoms with Gasteiger partial charge in [0.15, 0.2) is 5.78 Å². The topological polar surface area (TPSA) is 26.3 Å². The van der Waals surface area contributed by atoms with Gasteiger partial charge in [-0.3, -0.25) is 4.79 Å². The molecule has 0 bridgehead atoms. The van der Waals surface area contributed by atoms with Crippen LogP contribution in [0, 0.1) is 5.92 Å². The van der Waals surface area contributed by atoms with Gasteiger partial charge < -0.3 is 4.74 Å². The van der Waals surface area contributed by atoms with Crippen molar-refractivity contribution < 1.29 is 9.53 Å². The highest BCUT2D eigenvalue weighted by molar-refractivity contribution is 7.09. The second kappa shape index (κ2) is 6.81. The Hall–Kier alpha value is -0.670. The Kier molecular flexibility index (Phi) is 5.71. The lowest BCUT2D eigenvalue weighted by Gasteiger charge is -2.19. The van der Waals surface area contributed by atoms with Crippen LogP contribution in [0.25, 0.3) is 0 Å². The Morgan fingerprint density at radius 3 is 2.75 bits per heavy atom. The van der Waals surface area contributed by atoms with E-state index in [0.717, 1.165) is 6.42 Å². The summed E-state index contributed by atoms with van der Waals surface area (Å²) in [5, 5.41) is 2.04. The zero-order chi connectivity index (χ0) is 12.0. The van der Waals surface area contributed by atoms with Crippen LogP contribution >= 0.6 is 11.3 Å². The van der Waals surface area contributed by atoms with Crippen LogP contribution in [0.15, 0.2) is 17.5 Å². The first kappa shape index (κ1) is 13.4. The Balaban J connectivity index is 2.43. The largest absolute Gasteiger partial charge is 0.370 e. The van der Waals surface area contributed by atoms with E-state index in [9.17, 15) is 4.79 Å². The molecule has 1 heterocycles. The second-order valence-electron chi connectivity index (χ2n) is 4.17. The van der Waals surface area contributed by atoms with Crippen molar-refractivity contribution in [3.8, 4) is 0 Å². The highest BCUT2D eigenvalue weighted by Gasteiger charge is 2.21. The lowest BCUT2D eigenvalue weighted by atomic mass is 9.99. The molecule has 0 radical (unpaired) electrons. The minimum Gasteiger partial charge on any atom is -0.370 e. The number of aryl methyl sites for hydroxylation is 1. The summed E-state index contributed by atoms with van der Waals surface area (Å²) in [7, 11) is 0. The first-order chi connectivity index (χ1) is 7.65. The van der Waals surface area contributed by atoms with Gasteiger partial charge in [-0.1, -0.05) is 19.9 Å². The smallest absolute Gasteiger partial charge is 0.162 e. The van der Waals surface area contributed by atoms with E-state index in [0.29, 0.717) is 13.0 Å². The molecule has 2 nitrogen and oxygen atoms in total. The van der Waals surface area contributed by atoms with E-state index in [4.69, 9.17) is 4.74 Å². The normalized spacial score (nSPS) is 13.0. The third kappa shape index (κ3) is 4.06. The molecule has 16 heavy (non-hydrogen) atoms. The van der Waals surface area contributed by atoms with Crippen molar-refractivity contribution in [1.29, 1.82) is 0 Å². The third-order valence-corrected chi connectivity index (χ3v) is 3.40. The van der Waals surface area contributed by atoms with Crippen molar-refractivity contribution in [3.63, 3.8) is 0 Å². The van der Waals surface area contributed by atoms with Crippen molar-refractivity contribution in [2.24, 2.45) is 5.92 Å². The molecule has 0 aliphatic carbocycles. The van der Waals surface area contributed by atoms with Gasteiger partial charge in [-0.05, 0) is 30.7 Å². The van der Waals surface area contributed by atoms with Crippen LogP contribution in [0.5, 0.6) is 0 Å². The van der Waals surface area contributed by atoms with Gasteiger partial charge in [-0.2, -0.15) is 0 Å². The fourth-order valence-corrected chi connectivity index (χ4v) is 2.39. The Morgan fingerprint density at radius 1 is 1.50 bits per heavy atom. The highest BCUT2D eigenvalue weighted by Crippen LogP contribution is 2.15. The Bertz CT molecular complexity index is 304. The average molecular weight is 240 g/mol. The predicted octanol–water partition coefficient (Wildman–Crippen LogP) is 3.31. The van der Waals surface area contributed by atoms with Crippen LogP contribution < -0.4 is 0 Å². The van der Waals surface area contributed by atoms with Gasteiger partial charge in [0.05, 0.1) is 0 Å². The number of hydrogen-bond donors (Lipinski definition) is 0. The van der Waals surface area contributed by atoms with Gasteiger partial charge >= 0.3 is 0 Å². The van der Waals surface area contributed by atoms with Crippen LogP contribution in [-0.2, 0) is 16.0 Å². The van der Waals surface area contributed by atoms with Crippen LogP contribution in [-0.4, -0.2) is 18.5 Å². The van der Waals surface area contributed by atoms with Crippen LogP contribution in [0.2, 0.25) is 0 Å². The molecule has 1 unspecified atom stereocenters. The number of hydrogen-bond acceptors (Lipinski definition) is 3. The van der Waals surface area contributed by atoms with Crippen molar-refractivity contribution in [2.45, 2.75) is 39.7 Å². The highest BCUT2D eigenvalue weighted by atomic mass is 32.1. The second-order valence-corrected chi connectivity index (χ2v) is 5.20. The number of rotatable bonds is 7. The maximum atomic E-state index is 11.9. The molecule has 1 atom stereocenters. The number of ketones is 1. The van der Waals surface area contributed by atoms with Gasteiger partial charge in [0.25, 0.3) is 0 Å². The van der Waals surface area contributed by atoms with Gasteiger partial charge in [-0.25, -0.2) is 0 Å². The summed E-state index contributed by atoms with van der Waals surface area (Å²) < 4.78 is 5.49. The third-order valence-electron chi connectivity index (χ3n) is 2.47. The van der Waals surface area contributed by atoms with E-state index < -0.39 is 0 Å². The maximum Gasteiger partial charge on any atom is 0.162 e. The van der Waals surface area contributed by atoms with E-state index >= 15 is 0 Å². The first-order valence-electron chi connectivity index (χ1n) is 5.81. The van der Waals surface area contributed by atoms with Gasteiger partial charge in [0.1, 0.15) is 6.10 Å². The molecule has 0 aliphatic rings. The molecular weight excluding hydrogens is 220 g/mol. The van der Waals surface area contributed by atoms with Crippen LogP contribution in [0.3, 0.4) is 0 Å². The molecule has 3 heteroatoms. The molecule has 1 aromatic heterocycles. The van der Waals surface area contributed by atoms with Crippen molar-refractivity contribution in [2.75, 3.05) is 6.61 Å². The fourth-order valence-electron chi connectivity index (χ4n) is 1.68. The molecule has 90 valence electrons. The molecule has 0 fully saturated rings. The Labute approximate surface area is 102 Å². The summed E-state index contributed by atoms with van der Waals surface area (Å²) in [6.07, 6.45) is 1.20. The molecular formula is C13H20O2S. The zero-order valence-corrected chi connectivity index (χ0v) is 11.0. The van der Waals surface area contributed by atoms with E-state index in [1.165, 1.54) is 4.88 Å². The molecule has 0 saturated heterocycles. The summed E-state index contributed by atoms with van der Waals surface area (Å²) in [4.78, 5) is 13.2. The Morgan fingerprint density at radius 2 is 2.25 bits per heavy atom. The lowest BCUT2D eigenvalue weighted by molar-refractivity contribution is -0.132. The molecule has 0 saturated carbocycles. The van der Waals surface area contributed by atoms with Crippen molar-refractivity contribution >= 4 is 17.1 Å². The van der Waals surface area contributed by atoms with Gasteiger partial charge in [0, 0.05) is 17.9 Å². The van der Waals surface area contributed by atoms with Gasteiger partial charge in [-0.15, -0.1) is 11.3 Å². The maximum absolute atomic E-state index is 11.9. The van der Waals surface area contributed by atoms with Crippen LogP contribution in [0.1, 0.15) is 32.1 Å². The minimum atomic E-state index is -0.232. The van der Waals surface area contributed by atoms with E-state index in [2.05, 4.69) is 6.07 Å². The zero-order valence-electron chi connectivity index (χ0n) is 10.2. The number of carbonyl (C=O) groups excluding carboxylic acids is 1. The standard InChI is InChI=1S/C13H20O2S/c1-4-15-13(10(2)3)12(14)8-7-11-6-5-9-16-11/h5-6,9-10,13H,4,7-8H2,1-3H3. The summed E-state index contributed by atoms with van der Waals surface area (Å²) in [6, 6.07) is 4.09. The number of thiophene rings is 1. The number of carbonyl (C=O) groups is 1. The molecule has 0 N–H and O–H groups in total. The summed E-state index contributed by atoms with van der Waals surface area (Å²) in [5.74, 6) is 0.487. The minimum absolute atomic E-state index is 0.227. The number of ether oxygens (including phenoxy) is 1. The van der Waals surface area contributed by atoms with E-state index in [-0.39, 0.29) is 17.8 Å². The summed E-state index contributed by atoms with van der Waals surface area (Å²) >= 11 is 1.71. The summed E-state index contributed by atoms with van der Waals surface area (Å²) in [5.41, 5.74) is 0. The average Bonchev–Trinajstić information content (AvgIpc) is 2.75. The molecule has 1 aromatic rings. The van der Waals surface area contributed by atoms with Gasteiger partial charge in [0.2, 0.25) is 0 Å². The molecule has 0 aliphatic heterocycles. The molecule has 0 amide bonds. The van der Waals surface area contributed by atoms with Crippen molar-refractivity contribution in [3.05, 3.63) is 22.4 Å². The first-order valence-corrected chi connectivity index (χ1v) is 6.69. The molecule has 1 rings (SSSR count). The SMILES string of the molecule is CCOC(C(=O)CCc1cccs1)C(C)C. The molecule has 0 spiro atoms. The van der Waals surface area contributed by atoms with E-state index in [1.807, 2.05) is 32.2 Å². The monoisotopic (exact) mass is 240 g/mol. The van der Waals surface area contributed by atoms with Crippen LogP contribution in [0.4, 0.5) is 0 Å². The lowest BCUT2D eigenvalue weighted by Crippen LogP contribution is -2.30. The number of Topliss-reactive ketones (excluding diaryl/α,β-unsaturated/α-hetero) is 1.